The molecule has 1 aromatic carbocycles. The molecule has 1 fully saturated rings. The van der Waals surface area contributed by atoms with Crippen molar-refractivity contribution in [3.05, 3.63) is 35.9 Å². The molecule has 2 atom stereocenters. The zero-order valence-electron chi connectivity index (χ0n) is 8.80. The first-order valence-corrected chi connectivity index (χ1v) is 5.20. The lowest BCUT2D eigenvalue weighted by Gasteiger charge is -2.08. The van der Waals surface area contributed by atoms with Gasteiger partial charge in [0, 0.05) is 6.42 Å². The zero-order chi connectivity index (χ0) is 11.6. The van der Waals surface area contributed by atoms with Crippen molar-refractivity contribution >= 4 is 5.97 Å². The molecule has 86 valence electrons. The Morgan fingerprint density at radius 1 is 1.44 bits per heavy atom. The Morgan fingerprint density at radius 2 is 2.06 bits per heavy atom. The molecule has 0 heterocycles. The van der Waals surface area contributed by atoms with Crippen molar-refractivity contribution < 1.29 is 19.7 Å². The van der Waals surface area contributed by atoms with Gasteiger partial charge in [-0.25, -0.2) is 0 Å². The minimum absolute atomic E-state index is 0.138. The minimum atomic E-state index is -1.24. The summed E-state index contributed by atoms with van der Waals surface area (Å²) < 4.78 is 4.98. The smallest absolute Gasteiger partial charge is 0.309 e. The maximum atomic E-state index is 11.3. The topological polar surface area (TPSA) is 66.8 Å². The molecule has 0 bridgehead atoms. The fourth-order valence-corrected chi connectivity index (χ4v) is 1.50. The number of esters is 1. The van der Waals surface area contributed by atoms with E-state index in [2.05, 4.69) is 0 Å². The molecule has 2 unspecified atom stereocenters. The summed E-state index contributed by atoms with van der Waals surface area (Å²) in [7, 11) is 0. The number of ether oxygens (including phenoxy) is 1. The summed E-state index contributed by atoms with van der Waals surface area (Å²) >= 11 is 0. The molecule has 1 aliphatic rings. The maximum absolute atomic E-state index is 11.3. The Morgan fingerprint density at radius 3 is 2.62 bits per heavy atom. The van der Waals surface area contributed by atoms with Crippen LogP contribution >= 0.6 is 0 Å². The van der Waals surface area contributed by atoms with Crippen LogP contribution in [0.15, 0.2) is 30.3 Å². The SMILES string of the molecule is O=C(CC1(O)CC1O)OCc1ccccc1. The van der Waals surface area contributed by atoms with Crippen LogP contribution in [0.4, 0.5) is 0 Å². The maximum Gasteiger partial charge on any atom is 0.309 e. The van der Waals surface area contributed by atoms with Gasteiger partial charge in [0.2, 0.25) is 0 Å². The Kier molecular flexibility index (Phi) is 2.94. The van der Waals surface area contributed by atoms with Crippen molar-refractivity contribution in [3.63, 3.8) is 0 Å². The van der Waals surface area contributed by atoms with Crippen LogP contribution in [0.3, 0.4) is 0 Å². The van der Waals surface area contributed by atoms with Gasteiger partial charge in [0.05, 0.1) is 12.5 Å². The third-order valence-electron chi connectivity index (χ3n) is 2.70. The van der Waals surface area contributed by atoms with Gasteiger partial charge in [0.1, 0.15) is 12.2 Å². The van der Waals surface area contributed by atoms with Gasteiger partial charge < -0.3 is 14.9 Å². The van der Waals surface area contributed by atoms with Gasteiger partial charge in [-0.05, 0) is 5.56 Å². The van der Waals surface area contributed by atoms with E-state index in [0.29, 0.717) is 0 Å². The summed E-state index contributed by atoms with van der Waals surface area (Å²) in [6, 6.07) is 9.32. The van der Waals surface area contributed by atoms with Gasteiger partial charge in [0.25, 0.3) is 0 Å². The van der Waals surface area contributed by atoms with Crippen LogP contribution in [0.2, 0.25) is 0 Å². The van der Waals surface area contributed by atoms with Gasteiger partial charge in [-0.3, -0.25) is 4.79 Å². The van der Waals surface area contributed by atoms with Crippen molar-refractivity contribution in [1.29, 1.82) is 0 Å². The molecular weight excluding hydrogens is 208 g/mol. The highest BCUT2D eigenvalue weighted by Gasteiger charge is 2.53. The lowest BCUT2D eigenvalue weighted by molar-refractivity contribution is -0.148. The van der Waals surface area contributed by atoms with E-state index in [0.717, 1.165) is 5.56 Å². The van der Waals surface area contributed by atoms with Crippen molar-refractivity contribution in [2.24, 2.45) is 0 Å². The quantitative estimate of drug-likeness (QED) is 0.733. The van der Waals surface area contributed by atoms with Crippen molar-refractivity contribution in [2.75, 3.05) is 0 Å². The molecular formula is C12H14O4. The standard InChI is InChI=1S/C12H14O4/c13-10-6-12(10,15)7-11(14)16-8-9-4-2-1-3-5-9/h1-5,10,13,15H,6-8H2. The highest BCUT2D eigenvalue weighted by atomic mass is 16.5. The van der Waals surface area contributed by atoms with Crippen LogP contribution in [0, 0.1) is 0 Å². The van der Waals surface area contributed by atoms with Gasteiger partial charge in [-0.15, -0.1) is 0 Å². The van der Waals surface area contributed by atoms with E-state index in [1.54, 1.807) is 0 Å². The average molecular weight is 222 g/mol. The highest BCUT2D eigenvalue weighted by molar-refractivity contribution is 5.71. The van der Waals surface area contributed by atoms with E-state index in [9.17, 15) is 9.90 Å². The van der Waals surface area contributed by atoms with Crippen molar-refractivity contribution in [2.45, 2.75) is 31.2 Å². The van der Waals surface area contributed by atoms with E-state index >= 15 is 0 Å². The number of carbonyl (C=O) groups is 1. The van der Waals surface area contributed by atoms with Gasteiger partial charge in [-0.2, -0.15) is 0 Å². The molecule has 4 heteroatoms. The molecule has 2 N–H and O–H groups in total. The lowest BCUT2D eigenvalue weighted by Crippen LogP contribution is -2.20. The van der Waals surface area contributed by atoms with Crippen LogP contribution in [-0.2, 0) is 16.1 Å². The molecule has 0 amide bonds. The predicted molar refractivity (Wildman–Crippen MR) is 56.4 cm³/mol. The van der Waals surface area contributed by atoms with Gasteiger partial charge >= 0.3 is 5.97 Å². The molecule has 0 radical (unpaired) electrons. The summed E-state index contributed by atoms with van der Waals surface area (Å²) in [6.45, 7) is 0.200. The molecule has 0 aliphatic heterocycles. The average Bonchev–Trinajstić information content (AvgIpc) is 2.84. The largest absolute Gasteiger partial charge is 0.461 e. The van der Waals surface area contributed by atoms with Crippen LogP contribution in [-0.4, -0.2) is 27.9 Å². The number of rotatable bonds is 4. The molecule has 0 spiro atoms. The fraction of sp³-hybridized carbons (Fsp3) is 0.417. The second-order valence-corrected chi connectivity index (χ2v) is 4.15. The third-order valence-corrected chi connectivity index (χ3v) is 2.70. The van der Waals surface area contributed by atoms with Gasteiger partial charge in [-0.1, -0.05) is 30.3 Å². The second-order valence-electron chi connectivity index (χ2n) is 4.15. The monoisotopic (exact) mass is 222 g/mol. The molecule has 2 rings (SSSR count). The lowest BCUT2D eigenvalue weighted by atomic mass is 10.2. The van der Waals surface area contributed by atoms with Crippen LogP contribution in [0.25, 0.3) is 0 Å². The number of aliphatic hydroxyl groups is 2. The highest BCUT2D eigenvalue weighted by Crippen LogP contribution is 2.39. The predicted octanol–water partition coefficient (Wildman–Crippen LogP) is 0.616. The summed E-state index contributed by atoms with van der Waals surface area (Å²) in [5.41, 5.74) is -0.340. The van der Waals surface area contributed by atoms with E-state index in [-0.39, 0.29) is 19.4 Å². The molecule has 1 aliphatic carbocycles. The Balaban J connectivity index is 1.77. The first kappa shape index (κ1) is 11.1. The van der Waals surface area contributed by atoms with Gasteiger partial charge in [0.15, 0.2) is 0 Å². The normalized spacial score (nSPS) is 27.5. The first-order chi connectivity index (χ1) is 7.60. The molecule has 1 saturated carbocycles. The van der Waals surface area contributed by atoms with Crippen molar-refractivity contribution in [1.82, 2.24) is 0 Å². The number of hydrogen-bond acceptors (Lipinski definition) is 4. The van der Waals surface area contributed by atoms with E-state index in [1.807, 2.05) is 30.3 Å². The summed E-state index contributed by atoms with van der Waals surface area (Å²) in [5.74, 6) is -0.483. The molecule has 0 aromatic heterocycles. The van der Waals surface area contributed by atoms with E-state index in [1.165, 1.54) is 0 Å². The zero-order valence-corrected chi connectivity index (χ0v) is 8.80. The minimum Gasteiger partial charge on any atom is -0.461 e. The molecule has 1 aromatic rings. The molecule has 16 heavy (non-hydrogen) atoms. The van der Waals surface area contributed by atoms with Crippen molar-refractivity contribution in [3.8, 4) is 0 Å². The van der Waals surface area contributed by atoms with Crippen LogP contribution in [0.5, 0.6) is 0 Å². The summed E-state index contributed by atoms with van der Waals surface area (Å²) in [6.07, 6.45) is -0.661. The Labute approximate surface area is 93.5 Å². The number of aliphatic hydroxyl groups excluding tert-OH is 1. The first-order valence-electron chi connectivity index (χ1n) is 5.20. The van der Waals surface area contributed by atoms with Crippen LogP contribution < -0.4 is 0 Å². The van der Waals surface area contributed by atoms with Crippen LogP contribution in [0.1, 0.15) is 18.4 Å². The fourth-order valence-electron chi connectivity index (χ4n) is 1.50. The van der Waals surface area contributed by atoms with E-state index in [4.69, 9.17) is 9.84 Å². The number of benzene rings is 1. The third kappa shape index (κ3) is 2.59. The summed E-state index contributed by atoms with van der Waals surface area (Å²) in [5, 5.41) is 18.6. The number of carbonyl (C=O) groups excluding carboxylic acids is 1. The Bertz CT molecular complexity index is 376. The second kappa shape index (κ2) is 4.23. The molecule has 4 nitrogen and oxygen atoms in total. The summed E-state index contributed by atoms with van der Waals surface area (Å²) in [4.78, 5) is 11.3. The van der Waals surface area contributed by atoms with E-state index < -0.39 is 17.7 Å². The Hall–Kier alpha value is -1.39. The number of hydrogen-bond donors (Lipinski definition) is 2. The molecule has 0 saturated heterocycles.